The average Bonchev–Trinajstić information content (AvgIpc) is 2.61. The molecule has 5 nitrogen and oxygen atoms in total. The van der Waals surface area contributed by atoms with Gasteiger partial charge in [0.05, 0.1) is 12.7 Å². The Morgan fingerprint density at radius 2 is 1.80 bits per heavy atom. The monoisotopic (exact) mass is 342 g/mol. The molecule has 1 aromatic carbocycles. The second-order valence-corrected chi connectivity index (χ2v) is 5.71. The lowest BCUT2D eigenvalue weighted by Crippen LogP contribution is -2.15. The van der Waals surface area contributed by atoms with E-state index in [2.05, 4.69) is 29.5 Å². The molecule has 0 aliphatic heterocycles. The van der Waals surface area contributed by atoms with Crippen LogP contribution < -0.4 is 15.4 Å². The molecule has 136 valence electrons. The van der Waals surface area contributed by atoms with Gasteiger partial charge in [-0.1, -0.05) is 26.0 Å². The van der Waals surface area contributed by atoms with E-state index in [9.17, 15) is 0 Å². The van der Waals surface area contributed by atoms with E-state index in [1.807, 2.05) is 44.2 Å². The minimum Gasteiger partial charge on any atom is -0.497 e. The van der Waals surface area contributed by atoms with Gasteiger partial charge < -0.3 is 20.8 Å². The fraction of sp³-hybridized carbons (Fsp3) is 0.400. The number of nitrogens with one attached hydrogen (secondary N) is 3. The van der Waals surface area contributed by atoms with Gasteiger partial charge in [0.1, 0.15) is 11.6 Å². The highest BCUT2D eigenvalue weighted by Gasteiger charge is 2.12. The van der Waals surface area contributed by atoms with Crippen LogP contribution in [-0.2, 0) is 6.54 Å². The second-order valence-electron chi connectivity index (χ2n) is 5.71. The Labute approximate surface area is 151 Å². The maximum Gasteiger partial charge on any atom is 0.137 e. The molecule has 0 bridgehead atoms. The van der Waals surface area contributed by atoms with E-state index in [0.717, 1.165) is 28.4 Å². The minimum absolute atomic E-state index is 0.296. The van der Waals surface area contributed by atoms with Crippen molar-refractivity contribution in [3.63, 3.8) is 0 Å². The van der Waals surface area contributed by atoms with E-state index in [1.165, 1.54) is 0 Å². The molecule has 0 radical (unpaired) electrons. The highest BCUT2D eigenvalue weighted by Crippen LogP contribution is 2.24. The fourth-order valence-corrected chi connectivity index (χ4v) is 2.34. The van der Waals surface area contributed by atoms with Crippen LogP contribution in [0.1, 0.15) is 45.7 Å². The largest absolute Gasteiger partial charge is 0.497 e. The maximum atomic E-state index is 8.06. The van der Waals surface area contributed by atoms with Gasteiger partial charge in [0.25, 0.3) is 0 Å². The van der Waals surface area contributed by atoms with Gasteiger partial charge >= 0.3 is 0 Å². The van der Waals surface area contributed by atoms with Crippen molar-refractivity contribution >= 4 is 17.2 Å². The first kappa shape index (κ1) is 20.5. The normalized spacial score (nSPS) is 9.88. The molecule has 2 aromatic rings. The summed E-state index contributed by atoms with van der Waals surface area (Å²) < 4.78 is 5.17. The number of nitrogens with zero attached hydrogens (tertiary/aromatic N) is 1. The van der Waals surface area contributed by atoms with Crippen molar-refractivity contribution in [1.29, 1.82) is 5.41 Å². The van der Waals surface area contributed by atoms with Crippen molar-refractivity contribution in [2.24, 2.45) is 0 Å². The number of rotatable bonds is 7. The Balaban J connectivity index is 0.00000151. The molecule has 0 amide bonds. The lowest BCUT2D eigenvalue weighted by molar-refractivity contribution is 0.414. The zero-order chi connectivity index (χ0) is 18.8. The summed E-state index contributed by atoms with van der Waals surface area (Å²) in [4.78, 5) is 4.40. The van der Waals surface area contributed by atoms with Crippen molar-refractivity contribution in [2.45, 2.75) is 47.2 Å². The van der Waals surface area contributed by atoms with E-state index in [4.69, 9.17) is 10.1 Å². The van der Waals surface area contributed by atoms with Gasteiger partial charge in [0.15, 0.2) is 0 Å². The summed E-state index contributed by atoms with van der Waals surface area (Å²) in [6.45, 7) is 10.6. The molecule has 0 unspecified atom stereocenters. The second kappa shape index (κ2) is 10.3. The highest BCUT2D eigenvalue weighted by molar-refractivity contribution is 6.05. The molecule has 0 saturated heterocycles. The van der Waals surface area contributed by atoms with Crippen molar-refractivity contribution in [3.8, 4) is 5.75 Å². The van der Waals surface area contributed by atoms with Crippen LogP contribution in [0, 0.1) is 5.41 Å². The highest BCUT2D eigenvalue weighted by atomic mass is 16.5. The number of aromatic nitrogens is 1. The molecule has 0 aliphatic carbocycles. The number of benzene rings is 1. The number of hydrogen-bond acceptors (Lipinski definition) is 5. The quantitative estimate of drug-likeness (QED) is 0.624. The van der Waals surface area contributed by atoms with Crippen molar-refractivity contribution in [3.05, 3.63) is 47.7 Å². The summed E-state index contributed by atoms with van der Waals surface area (Å²) in [5.41, 5.74) is 3.36. The predicted molar refractivity (Wildman–Crippen MR) is 107 cm³/mol. The molecular weight excluding hydrogens is 312 g/mol. The van der Waals surface area contributed by atoms with Crippen molar-refractivity contribution < 1.29 is 4.74 Å². The van der Waals surface area contributed by atoms with Gasteiger partial charge in [-0.3, -0.25) is 0 Å². The maximum absolute atomic E-state index is 8.06. The van der Waals surface area contributed by atoms with E-state index >= 15 is 0 Å². The van der Waals surface area contributed by atoms with E-state index < -0.39 is 0 Å². The fourth-order valence-electron chi connectivity index (χ4n) is 2.34. The molecule has 25 heavy (non-hydrogen) atoms. The van der Waals surface area contributed by atoms with Crippen molar-refractivity contribution in [2.75, 3.05) is 17.7 Å². The van der Waals surface area contributed by atoms with Crippen LogP contribution in [0.5, 0.6) is 5.75 Å². The van der Waals surface area contributed by atoms with Crippen LogP contribution in [0.25, 0.3) is 0 Å². The van der Waals surface area contributed by atoms with E-state index in [1.54, 1.807) is 20.2 Å². The first-order chi connectivity index (χ1) is 12.0. The molecule has 1 aromatic heterocycles. The van der Waals surface area contributed by atoms with Crippen LogP contribution in [0.4, 0.5) is 11.5 Å². The van der Waals surface area contributed by atoms with E-state index in [0.29, 0.717) is 18.3 Å². The number of ether oxygens (including phenoxy) is 1. The Kier molecular flexibility index (Phi) is 8.47. The first-order valence-corrected chi connectivity index (χ1v) is 8.69. The third kappa shape index (κ3) is 6.10. The van der Waals surface area contributed by atoms with Crippen LogP contribution in [-0.4, -0.2) is 23.8 Å². The van der Waals surface area contributed by atoms with Gasteiger partial charge in [-0.25, -0.2) is 4.98 Å². The van der Waals surface area contributed by atoms with Crippen LogP contribution in [0.2, 0.25) is 0 Å². The van der Waals surface area contributed by atoms with Crippen LogP contribution in [0.15, 0.2) is 36.5 Å². The molecule has 0 atom stereocenters. The topological polar surface area (TPSA) is 70.0 Å². The van der Waals surface area contributed by atoms with Gasteiger partial charge in [-0.2, -0.15) is 0 Å². The first-order valence-electron chi connectivity index (χ1n) is 8.69. The van der Waals surface area contributed by atoms with Gasteiger partial charge in [-0.05, 0) is 44.5 Å². The summed E-state index contributed by atoms with van der Waals surface area (Å²) in [6, 6.07) is 10.1. The molecule has 0 fully saturated rings. The smallest absolute Gasteiger partial charge is 0.137 e. The average molecular weight is 342 g/mol. The third-order valence-electron chi connectivity index (χ3n) is 3.39. The summed E-state index contributed by atoms with van der Waals surface area (Å²) in [5.74, 6) is 1.56. The molecule has 0 aliphatic rings. The van der Waals surface area contributed by atoms with Gasteiger partial charge in [0, 0.05) is 30.2 Å². The zero-order valence-corrected chi connectivity index (χ0v) is 16.1. The summed E-state index contributed by atoms with van der Waals surface area (Å²) >= 11 is 0. The Morgan fingerprint density at radius 3 is 2.32 bits per heavy atom. The van der Waals surface area contributed by atoms with Gasteiger partial charge in [-0.15, -0.1) is 0 Å². The lowest BCUT2D eigenvalue weighted by Gasteiger charge is -2.17. The number of methoxy groups -OCH3 is 1. The molecular formula is C20H30N4O. The Bertz CT molecular complexity index is 666. The van der Waals surface area contributed by atoms with E-state index in [-0.39, 0.29) is 0 Å². The SMILES string of the molecule is CC.COc1ccc(CNc2nccc(NC(C)C)c2C(C)=N)cc1. The molecule has 0 spiro atoms. The Hall–Kier alpha value is -2.56. The zero-order valence-electron chi connectivity index (χ0n) is 16.1. The lowest BCUT2D eigenvalue weighted by atomic mass is 10.1. The standard InChI is InChI=1S/C18H24N4O.C2H6/c1-12(2)22-16-9-10-20-18(17(16)13(3)19)21-11-14-5-7-15(23-4)8-6-14;1-2/h5-10,12,19H,11H2,1-4H3,(H2,20,21,22);1-2H3. The predicted octanol–water partition coefficient (Wildman–Crippen LogP) is 4.94. The molecule has 0 saturated carbocycles. The molecule has 2 rings (SSSR count). The number of pyridine rings is 1. The van der Waals surface area contributed by atoms with Gasteiger partial charge in [0.2, 0.25) is 0 Å². The molecule has 1 heterocycles. The number of anilines is 2. The summed E-state index contributed by atoms with van der Waals surface area (Å²) in [5, 5.41) is 14.8. The number of hydrogen-bond donors (Lipinski definition) is 3. The molecule has 3 N–H and O–H groups in total. The van der Waals surface area contributed by atoms with Crippen LogP contribution >= 0.6 is 0 Å². The Morgan fingerprint density at radius 1 is 1.16 bits per heavy atom. The minimum atomic E-state index is 0.296. The summed E-state index contributed by atoms with van der Waals surface area (Å²) in [7, 11) is 1.66. The van der Waals surface area contributed by atoms with Crippen LogP contribution in [0.3, 0.4) is 0 Å². The summed E-state index contributed by atoms with van der Waals surface area (Å²) in [6.07, 6.45) is 1.76. The third-order valence-corrected chi connectivity index (χ3v) is 3.39. The molecule has 5 heteroatoms. The van der Waals surface area contributed by atoms with Crippen molar-refractivity contribution in [1.82, 2.24) is 4.98 Å².